The van der Waals surface area contributed by atoms with E-state index in [0.29, 0.717) is 33.2 Å². The highest BCUT2D eigenvalue weighted by Crippen LogP contribution is 2.35. The number of carbonyl (C=O) groups excluding carboxylic acids is 1. The van der Waals surface area contributed by atoms with Crippen LogP contribution in [0.4, 0.5) is 18.9 Å². The number of aromatic nitrogens is 1. The highest BCUT2D eigenvalue weighted by atomic mass is 35.5. The molecule has 0 spiro atoms. The molecule has 0 bridgehead atoms. The first-order valence-corrected chi connectivity index (χ1v) is 11.7. The molecule has 1 heterocycles. The fourth-order valence-electron chi connectivity index (χ4n) is 3.16. The number of carbonyl (C=O) groups is 1. The molecule has 4 rings (SSSR count). The summed E-state index contributed by atoms with van der Waals surface area (Å²) in [5, 5.41) is 12.5. The summed E-state index contributed by atoms with van der Waals surface area (Å²) in [4.78, 5) is 26.4. The second kappa shape index (κ2) is 12.1. The van der Waals surface area contributed by atoms with Gasteiger partial charge in [0.1, 0.15) is 17.2 Å². The summed E-state index contributed by atoms with van der Waals surface area (Å²) >= 11 is 11.5. The number of aryl methyl sites for hydroxylation is 2. The molecular formula is C27H21Cl2F3N2O4. The SMILES string of the molecule is Cc1cc(Cl)ccc1O.Cc1cc(Cl)ccc1Oc1ccc(C(F)(F)F)cc1C(=O)Nc1cc[nH]c(=O)c1. The van der Waals surface area contributed by atoms with Gasteiger partial charge in [-0.15, -0.1) is 0 Å². The van der Waals surface area contributed by atoms with Crippen LogP contribution in [-0.4, -0.2) is 16.0 Å². The van der Waals surface area contributed by atoms with Crippen molar-refractivity contribution in [1.82, 2.24) is 4.98 Å². The average Bonchev–Trinajstić information content (AvgIpc) is 2.83. The Kier molecular flexibility index (Phi) is 9.08. The monoisotopic (exact) mass is 564 g/mol. The largest absolute Gasteiger partial charge is 0.508 e. The third-order valence-corrected chi connectivity index (χ3v) is 5.57. The van der Waals surface area contributed by atoms with Crippen molar-refractivity contribution in [3.05, 3.63) is 116 Å². The Hall–Kier alpha value is -3.95. The highest BCUT2D eigenvalue weighted by molar-refractivity contribution is 6.31. The van der Waals surface area contributed by atoms with E-state index in [2.05, 4.69) is 10.3 Å². The molecular weight excluding hydrogens is 544 g/mol. The number of phenolic OH excluding ortho intramolecular Hbond substituents is 1. The number of H-pyrrole nitrogens is 1. The summed E-state index contributed by atoms with van der Waals surface area (Å²) in [6, 6.07) is 14.8. The standard InChI is InChI=1S/C20H14ClF3N2O3.C7H7ClO/c1-11-8-13(21)3-5-16(11)29-17-4-2-12(20(22,23)24)9-15(17)19(28)26-14-6-7-25-18(27)10-14;1-5-4-6(8)2-3-7(5)9/h2-10H,1H3,(H2,25,26,27,28);2-4,9H,1H3. The first-order chi connectivity index (χ1) is 17.8. The van der Waals surface area contributed by atoms with Gasteiger partial charge in [0.05, 0.1) is 11.1 Å². The second-order valence-corrected chi connectivity index (χ2v) is 8.92. The number of halogens is 5. The number of ether oxygens (including phenoxy) is 1. The van der Waals surface area contributed by atoms with Gasteiger partial charge >= 0.3 is 6.18 Å². The first-order valence-electron chi connectivity index (χ1n) is 10.9. The lowest BCUT2D eigenvalue weighted by molar-refractivity contribution is -0.137. The molecule has 0 aliphatic rings. The highest BCUT2D eigenvalue weighted by Gasteiger charge is 2.32. The summed E-state index contributed by atoms with van der Waals surface area (Å²) < 4.78 is 45.1. The fourth-order valence-corrected chi connectivity index (χ4v) is 3.61. The van der Waals surface area contributed by atoms with Crippen molar-refractivity contribution in [3.8, 4) is 17.2 Å². The van der Waals surface area contributed by atoms with Crippen molar-refractivity contribution in [2.24, 2.45) is 0 Å². The molecule has 6 nitrogen and oxygen atoms in total. The molecule has 3 N–H and O–H groups in total. The first kappa shape index (κ1) is 28.6. The average molecular weight is 565 g/mol. The smallest absolute Gasteiger partial charge is 0.416 e. The van der Waals surface area contributed by atoms with Gasteiger partial charge in [0.25, 0.3) is 5.91 Å². The minimum atomic E-state index is -4.65. The number of aromatic amines is 1. The van der Waals surface area contributed by atoms with Gasteiger partial charge in [0, 0.05) is 28.0 Å². The molecule has 0 radical (unpaired) electrons. The molecule has 38 heavy (non-hydrogen) atoms. The molecule has 3 aromatic carbocycles. The van der Waals surface area contributed by atoms with Crippen LogP contribution in [-0.2, 0) is 6.18 Å². The van der Waals surface area contributed by atoms with Gasteiger partial charge in [-0.2, -0.15) is 13.2 Å². The van der Waals surface area contributed by atoms with Crippen molar-refractivity contribution in [3.63, 3.8) is 0 Å². The number of aromatic hydroxyl groups is 1. The molecule has 0 unspecified atom stereocenters. The van der Waals surface area contributed by atoms with Gasteiger partial charge in [-0.1, -0.05) is 23.2 Å². The summed E-state index contributed by atoms with van der Waals surface area (Å²) in [6.45, 7) is 3.52. The third kappa shape index (κ3) is 7.77. The van der Waals surface area contributed by atoms with Crippen molar-refractivity contribution < 1.29 is 27.8 Å². The second-order valence-electron chi connectivity index (χ2n) is 8.05. The molecule has 0 saturated carbocycles. The van der Waals surface area contributed by atoms with Gasteiger partial charge in [0.15, 0.2) is 0 Å². The van der Waals surface area contributed by atoms with Gasteiger partial charge in [-0.05, 0) is 85.6 Å². The van der Waals surface area contributed by atoms with E-state index in [4.69, 9.17) is 33.0 Å². The quantitative estimate of drug-likeness (QED) is 0.236. The lowest BCUT2D eigenvalue weighted by Gasteiger charge is -2.15. The van der Waals surface area contributed by atoms with Gasteiger partial charge < -0.3 is 20.1 Å². The summed E-state index contributed by atoms with van der Waals surface area (Å²) in [6.07, 6.45) is -3.34. The van der Waals surface area contributed by atoms with Crippen LogP contribution in [0.15, 0.2) is 77.7 Å². The lowest BCUT2D eigenvalue weighted by atomic mass is 10.1. The maximum atomic E-state index is 13.1. The summed E-state index contributed by atoms with van der Waals surface area (Å²) in [7, 11) is 0. The predicted molar refractivity (Wildman–Crippen MR) is 141 cm³/mol. The molecule has 0 aliphatic heterocycles. The molecule has 1 amide bonds. The molecule has 0 saturated heterocycles. The van der Waals surface area contributed by atoms with Crippen LogP contribution in [0.1, 0.15) is 27.0 Å². The van der Waals surface area contributed by atoms with E-state index in [9.17, 15) is 22.8 Å². The minimum Gasteiger partial charge on any atom is -0.508 e. The Labute approximate surface area is 225 Å². The van der Waals surface area contributed by atoms with Crippen molar-refractivity contribution >= 4 is 34.8 Å². The normalized spacial score (nSPS) is 10.8. The Balaban J connectivity index is 0.000000375. The number of rotatable bonds is 4. The number of pyridine rings is 1. The Morgan fingerprint density at radius 1 is 0.895 bits per heavy atom. The van der Waals surface area contributed by atoms with Crippen LogP contribution in [0.25, 0.3) is 0 Å². The van der Waals surface area contributed by atoms with E-state index >= 15 is 0 Å². The van der Waals surface area contributed by atoms with Crippen LogP contribution in [0.5, 0.6) is 17.2 Å². The van der Waals surface area contributed by atoms with Crippen molar-refractivity contribution in [1.29, 1.82) is 0 Å². The zero-order valence-electron chi connectivity index (χ0n) is 20.0. The number of amides is 1. The molecule has 4 aromatic rings. The van der Waals surface area contributed by atoms with E-state index in [1.54, 1.807) is 50.2 Å². The van der Waals surface area contributed by atoms with Crippen molar-refractivity contribution in [2.45, 2.75) is 20.0 Å². The summed E-state index contributed by atoms with van der Waals surface area (Å²) in [5.74, 6) is -0.312. The Morgan fingerprint density at radius 2 is 1.53 bits per heavy atom. The third-order valence-electron chi connectivity index (χ3n) is 5.10. The van der Waals surface area contributed by atoms with Gasteiger partial charge in [-0.3, -0.25) is 9.59 Å². The Bertz CT molecular complexity index is 1520. The van der Waals surface area contributed by atoms with E-state index in [1.807, 2.05) is 0 Å². The van der Waals surface area contributed by atoms with E-state index in [0.717, 1.165) is 23.8 Å². The topological polar surface area (TPSA) is 91.4 Å². The lowest BCUT2D eigenvalue weighted by Crippen LogP contribution is -2.16. The van der Waals surface area contributed by atoms with Crippen LogP contribution >= 0.6 is 23.2 Å². The molecule has 0 atom stereocenters. The Morgan fingerprint density at radius 3 is 2.11 bits per heavy atom. The fraction of sp³-hybridized carbons (Fsp3) is 0.111. The van der Waals surface area contributed by atoms with Crippen LogP contribution in [0.3, 0.4) is 0 Å². The zero-order valence-corrected chi connectivity index (χ0v) is 21.5. The number of nitrogens with one attached hydrogen (secondary N) is 2. The van der Waals surface area contributed by atoms with Crippen LogP contribution in [0, 0.1) is 13.8 Å². The van der Waals surface area contributed by atoms with Crippen molar-refractivity contribution in [2.75, 3.05) is 5.32 Å². The van der Waals surface area contributed by atoms with E-state index in [-0.39, 0.29) is 17.0 Å². The number of hydrogen-bond acceptors (Lipinski definition) is 4. The molecule has 0 aliphatic carbocycles. The molecule has 0 fully saturated rings. The number of anilines is 1. The molecule has 198 valence electrons. The molecule has 11 heteroatoms. The number of hydrogen-bond donors (Lipinski definition) is 3. The number of alkyl halides is 3. The maximum absolute atomic E-state index is 13.1. The zero-order chi connectivity index (χ0) is 28.0. The predicted octanol–water partition coefficient (Wildman–Crippen LogP) is 7.75. The number of benzene rings is 3. The van der Waals surface area contributed by atoms with E-state index < -0.39 is 23.2 Å². The summed E-state index contributed by atoms with van der Waals surface area (Å²) in [5.41, 5.74) is -0.242. The van der Waals surface area contributed by atoms with Gasteiger partial charge in [0.2, 0.25) is 5.56 Å². The van der Waals surface area contributed by atoms with Gasteiger partial charge in [-0.25, -0.2) is 0 Å². The number of phenols is 1. The minimum absolute atomic E-state index is 0.0780. The maximum Gasteiger partial charge on any atom is 0.416 e. The van der Waals surface area contributed by atoms with Crippen LogP contribution in [0.2, 0.25) is 10.0 Å². The molecule has 1 aromatic heterocycles. The van der Waals surface area contributed by atoms with E-state index in [1.165, 1.54) is 12.3 Å². The van der Waals surface area contributed by atoms with Crippen LogP contribution < -0.4 is 15.6 Å².